The van der Waals surface area contributed by atoms with Gasteiger partial charge >= 0.3 is 0 Å². The van der Waals surface area contributed by atoms with E-state index in [9.17, 15) is 0 Å². The average molecular weight is 533 g/mol. The van der Waals surface area contributed by atoms with Crippen molar-refractivity contribution >= 4 is 34.6 Å². The Morgan fingerprint density at radius 2 is 1.81 bits per heavy atom. The quantitative estimate of drug-likeness (QED) is 0.211. The van der Waals surface area contributed by atoms with E-state index in [0.29, 0.717) is 29.1 Å². The molecule has 1 aliphatic heterocycles. The van der Waals surface area contributed by atoms with Gasteiger partial charge < -0.3 is 24.3 Å². The van der Waals surface area contributed by atoms with E-state index in [0.717, 1.165) is 22.8 Å². The second kappa shape index (κ2) is 10.9. The molecule has 1 N–H and O–H groups in total. The van der Waals surface area contributed by atoms with Gasteiger partial charge in [-0.3, -0.25) is 4.98 Å². The predicted octanol–water partition coefficient (Wildman–Crippen LogP) is 6.34. The predicted molar refractivity (Wildman–Crippen MR) is 152 cm³/mol. The van der Waals surface area contributed by atoms with Gasteiger partial charge in [0.25, 0.3) is 0 Å². The molecule has 8 heteroatoms. The van der Waals surface area contributed by atoms with Gasteiger partial charge in [-0.15, -0.1) is 0 Å². The summed E-state index contributed by atoms with van der Waals surface area (Å²) < 4.78 is 13.1. The first-order valence-corrected chi connectivity index (χ1v) is 12.9. The van der Waals surface area contributed by atoms with Gasteiger partial charge in [0.1, 0.15) is 18.4 Å². The van der Waals surface area contributed by atoms with E-state index in [1.165, 1.54) is 11.1 Å². The Labute approximate surface area is 227 Å². The maximum Gasteiger partial charge on any atom is 0.174 e. The minimum atomic E-state index is -0.171. The van der Waals surface area contributed by atoms with E-state index in [1.807, 2.05) is 42.6 Å². The molecule has 2 aromatic carbocycles. The number of nitrogens with one attached hydrogen (secondary N) is 1. The Balaban J connectivity index is 1.59. The summed E-state index contributed by atoms with van der Waals surface area (Å²) in [5.41, 5.74) is 6.47. The molecular weight excluding hydrogens is 504 g/mol. The van der Waals surface area contributed by atoms with Crippen molar-refractivity contribution in [2.75, 3.05) is 25.2 Å². The number of aryl methyl sites for hydroxylation is 2. The van der Waals surface area contributed by atoms with Gasteiger partial charge in [0.2, 0.25) is 0 Å². The van der Waals surface area contributed by atoms with E-state index >= 15 is 0 Å². The zero-order valence-electron chi connectivity index (χ0n) is 21.0. The van der Waals surface area contributed by atoms with Crippen LogP contribution in [0.5, 0.6) is 5.75 Å². The summed E-state index contributed by atoms with van der Waals surface area (Å²) in [7, 11) is 1.64. The number of ether oxygens (including phenoxy) is 2. The molecule has 0 amide bonds. The summed E-state index contributed by atoms with van der Waals surface area (Å²) in [5.74, 6) is 0.608. The van der Waals surface area contributed by atoms with Crippen LogP contribution in [0.25, 0.3) is 5.69 Å². The number of anilines is 1. The second-order valence-electron chi connectivity index (χ2n) is 9.02. The number of benzene rings is 2. The van der Waals surface area contributed by atoms with Gasteiger partial charge in [-0.25, -0.2) is 0 Å². The van der Waals surface area contributed by atoms with Crippen LogP contribution < -0.4 is 15.0 Å². The van der Waals surface area contributed by atoms with Crippen molar-refractivity contribution in [1.29, 1.82) is 0 Å². The minimum absolute atomic E-state index is 0.162. The highest BCUT2D eigenvalue weighted by Gasteiger charge is 2.42. The number of methoxy groups -OCH3 is 1. The van der Waals surface area contributed by atoms with Crippen LogP contribution in [0.4, 0.5) is 5.69 Å². The maximum atomic E-state index is 6.65. The standard InChI is InChI=1S/C29H29ClN4O2S/c1-19-9-10-21(17-20(19)2)33-14-6-8-25(33)28-27(24-7-4-5-13-31-24)32-29(37)34(28)22-11-12-26(23(30)18-22)36-16-15-35-3/h4-14,17-18,27-28H,15-16H2,1-3H3,(H,32,37)/t27-,28-/m0/s1. The fourth-order valence-corrected chi connectivity index (χ4v) is 5.25. The summed E-state index contributed by atoms with van der Waals surface area (Å²) in [6.07, 6.45) is 3.90. The molecule has 37 heavy (non-hydrogen) atoms. The SMILES string of the molecule is COCCOc1ccc(N2C(=S)N[C@@H](c3ccccn3)[C@@H]2c2cccn2-c2ccc(C)c(C)c2)cc1Cl. The molecule has 1 fully saturated rings. The third kappa shape index (κ3) is 5.07. The average Bonchev–Trinajstić information content (AvgIpc) is 3.51. The van der Waals surface area contributed by atoms with Gasteiger partial charge in [0, 0.05) is 36.6 Å². The lowest BCUT2D eigenvalue weighted by Crippen LogP contribution is -2.30. The molecule has 5 rings (SSSR count). The molecule has 6 nitrogen and oxygen atoms in total. The highest BCUT2D eigenvalue weighted by atomic mass is 35.5. The number of thiocarbonyl (C=S) groups is 1. The Kier molecular flexibility index (Phi) is 7.46. The number of hydrogen-bond acceptors (Lipinski definition) is 4. The molecule has 0 unspecified atom stereocenters. The van der Waals surface area contributed by atoms with Crippen LogP contribution in [-0.4, -0.2) is 35.0 Å². The van der Waals surface area contributed by atoms with E-state index < -0.39 is 0 Å². The fraction of sp³-hybridized carbons (Fsp3) is 0.241. The number of rotatable bonds is 8. The summed E-state index contributed by atoms with van der Waals surface area (Å²) >= 11 is 12.5. The maximum absolute atomic E-state index is 6.65. The smallest absolute Gasteiger partial charge is 0.174 e. The van der Waals surface area contributed by atoms with Crippen molar-refractivity contribution in [2.45, 2.75) is 25.9 Å². The molecule has 0 bridgehead atoms. The van der Waals surface area contributed by atoms with Gasteiger partial charge in [-0.05, 0) is 91.8 Å². The molecule has 4 aromatic rings. The van der Waals surface area contributed by atoms with Crippen molar-refractivity contribution < 1.29 is 9.47 Å². The first-order valence-electron chi connectivity index (χ1n) is 12.1. The monoisotopic (exact) mass is 532 g/mol. The van der Waals surface area contributed by atoms with Crippen LogP contribution in [0.3, 0.4) is 0 Å². The third-order valence-electron chi connectivity index (χ3n) is 6.69. The molecule has 1 saturated heterocycles. The lowest BCUT2D eigenvalue weighted by atomic mass is 10.0. The molecule has 3 heterocycles. The van der Waals surface area contributed by atoms with Crippen LogP contribution in [0.1, 0.15) is 34.6 Å². The summed E-state index contributed by atoms with van der Waals surface area (Å²) in [6, 6.07) is 22.1. The Morgan fingerprint density at radius 3 is 2.54 bits per heavy atom. The van der Waals surface area contributed by atoms with Crippen LogP contribution in [0, 0.1) is 13.8 Å². The normalized spacial score (nSPS) is 17.2. The Bertz CT molecular complexity index is 1410. The van der Waals surface area contributed by atoms with Crippen LogP contribution in [-0.2, 0) is 4.74 Å². The zero-order valence-corrected chi connectivity index (χ0v) is 22.6. The van der Waals surface area contributed by atoms with Crippen LogP contribution in [0.2, 0.25) is 5.02 Å². The number of aromatic nitrogens is 2. The lowest BCUT2D eigenvalue weighted by molar-refractivity contribution is 0.146. The van der Waals surface area contributed by atoms with Gasteiger partial charge in [0.05, 0.1) is 23.4 Å². The van der Waals surface area contributed by atoms with Crippen molar-refractivity contribution in [3.05, 3.63) is 107 Å². The third-order valence-corrected chi connectivity index (χ3v) is 7.30. The summed E-state index contributed by atoms with van der Waals surface area (Å²) in [4.78, 5) is 6.79. The topological polar surface area (TPSA) is 51.6 Å². The Morgan fingerprint density at radius 1 is 0.973 bits per heavy atom. The van der Waals surface area contributed by atoms with Crippen LogP contribution >= 0.6 is 23.8 Å². The molecular formula is C29H29ClN4O2S. The Hall–Kier alpha value is -3.39. The molecule has 0 radical (unpaired) electrons. The van der Waals surface area contributed by atoms with E-state index in [-0.39, 0.29) is 12.1 Å². The summed E-state index contributed by atoms with van der Waals surface area (Å²) in [6.45, 7) is 5.17. The van der Waals surface area contributed by atoms with E-state index in [1.54, 1.807) is 7.11 Å². The minimum Gasteiger partial charge on any atom is -0.490 e. The molecule has 0 saturated carbocycles. The highest BCUT2D eigenvalue weighted by Crippen LogP contribution is 2.43. The number of nitrogens with zero attached hydrogens (tertiary/aromatic N) is 3. The number of hydrogen-bond donors (Lipinski definition) is 1. The largest absolute Gasteiger partial charge is 0.490 e. The molecule has 1 aliphatic rings. The van der Waals surface area contributed by atoms with Crippen molar-refractivity contribution in [3.8, 4) is 11.4 Å². The van der Waals surface area contributed by atoms with Gasteiger partial charge in [-0.1, -0.05) is 23.7 Å². The molecule has 2 atom stereocenters. The first-order chi connectivity index (χ1) is 18.0. The summed E-state index contributed by atoms with van der Waals surface area (Å²) in [5, 5.41) is 4.65. The number of pyridine rings is 1. The van der Waals surface area contributed by atoms with Crippen molar-refractivity contribution in [3.63, 3.8) is 0 Å². The van der Waals surface area contributed by atoms with E-state index in [2.05, 4.69) is 70.1 Å². The van der Waals surface area contributed by atoms with Crippen LogP contribution in [0.15, 0.2) is 79.1 Å². The fourth-order valence-electron chi connectivity index (χ4n) is 4.67. The van der Waals surface area contributed by atoms with E-state index in [4.69, 9.17) is 33.3 Å². The number of halogens is 1. The van der Waals surface area contributed by atoms with Gasteiger partial charge in [-0.2, -0.15) is 0 Å². The lowest BCUT2D eigenvalue weighted by Gasteiger charge is -2.29. The second-order valence-corrected chi connectivity index (χ2v) is 9.82. The van der Waals surface area contributed by atoms with Crippen molar-refractivity contribution in [2.24, 2.45) is 0 Å². The first kappa shape index (κ1) is 25.3. The highest BCUT2D eigenvalue weighted by molar-refractivity contribution is 7.80. The molecule has 0 spiro atoms. The molecule has 190 valence electrons. The molecule has 2 aromatic heterocycles. The molecule has 0 aliphatic carbocycles. The zero-order chi connectivity index (χ0) is 25.9. The van der Waals surface area contributed by atoms with Crippen molar-refractivity contribution in [1.82, 2.24) is 14.9 Å². The van der Waals surface area contributed by atoms with Gasteiger partial charge in [0.15, 0.2) is 5.11 Å².